The van der Waals surface area contributed by atoms with Crippen molar-refractivity contribution in [2.45, 2.75) is 13.8 Å². The van der Waals surface area contributed by atoms with Gasteiger partial charge in [0.2, 0.25) is 0 Å². The number of aromatic nitrogens is 2. The summed E-state index contributed by atoms with van der Waals surface area (Å²) in [4.78, 5) is 0. The number of hydrogen-bond donors (Lipinski definition) is 0. The molecule has 0 bridgehead atoms. The summed E-state index contributed by atoms with van der Waals surface area (Å²) in [5.74, 6) is 0. The van der Waals surface area contributed by atoms with Crippen LogP contribution < -0.4 is 0 Å². The van der Waals surface area contributed by atoms with Gasteiger partial charge in [0.1, 0.15) is 12.1 Å². The average Bonchev–Trinajstić information content (AvgIpc) is 3.83. The first-order chi connectivity index (χ1) is 30.5. The van der Waals surface area contributed by atoms with Gasteiger partial charge in [-0.25, -0.2) is 0 Å². The van der Waals surface area contributed by atoms with Crippen molar-refractivity contribution < 1.29 is 0 Å². The summed E-state index contributed by atoms with van der Waals surface area (Å²) >= 11 is 0. The second-order valence-electron chi connectivity index (χ2n) is 15.6. The summed E-state index contributed by atoms with van der Waals surface area (Å²) in [5.41, 5.74) is 15.6. The summed E-state index contributed by atoms with van der Waals surface area (Å²) in [7, 11) is 0. The van der Waals surface area contributed by atoms with Crippen molar-refractivity contribution in [3.8, 4) is 56.9 Å². The number of para-hydroxylation sites is 4. The van der Waals surface area contributed by atoms with E-state index in [0.29, 0.717) is 22.3 Å². The highest BCUT2D eigenvalue weighted by molar-refractivity contribution is 6.11. The van der Waals surface area contributed by atoms with Crippen molar-refractivity contribution in [2.75, 3.05) is 0 Å². The number of nitriles is 2. The van der Waals surface area contributed by atoms with Gasteiger partial charge in [-0.3, -0.25) is 0 Å². The molecule has 10 aromatic rings. The van der Waals surface area contributed by atoms with E-state index in [9.17, 15) is 10.5 Å². The molecule has 4 nitrogen and oxygen atoms in total. The second kappa shape index (κ2) is 15.3. The molecule has 0 fully saturated rings. The van der Waals surface area contributed by atoms with Crippen LogP contribution in [0.15, 0.2) is 195 Å². The number of hydrogen-bond acceptors (Lipinski definition) is 2. The van der Waals surface area contributed by atoms with Crippen LogP contribution in [0.4, 0.5) is 0 Å². The predicted octanol–water partition coefficient (Wildman–Crippen LogP) is 15.0. The number of fused-ring (bicyclic) bond motifs is 6. The Labute approximate surface area is 361 Å². The Kier molecular flexibility index (Phi) is 9.33. The maximum absolute atomic E-state index is 11.3. The molecular weight excluding hydrogens is 753 g/mol. The maximum atomic E-state index is 11.3. The summed E-state index contributed by atoms with van der Waals surface area (Å²) < 4.78 is 4.63. The molecule has 4 heteroatoms. The van der Waals surface area contributed by atoms with Crippen molar-refractivity contribution in [2.24, 2.45) is 0 Å². The smallest absolute Gasteiger partial charge is 0.101 e. The molecule has 0 aliphatic heterocycles. The molecule has 0 radical (unpaired) electrons. The largest absolute Gasteiger partial charge is 0.309 e. The van der Waals surface area contributed by atoms with Gasteiger partial charge in [0.05, 0.1) is 33.2 Å². The minimum Gasteiger partial charge on any atom is -0.309 e. The predicted molar refractivity (Wildman–Crippen MR) is 259 cm³/mol. The molecular formula is C58H40N4. The van der Waals surface area contributed by atoms with E-state index >= 15 is 0 Å². The molecule has 62 heavy (non-hydrogen) atoms. The Morgan fingerprint density at radius 3 is 1.27 bits per heavy atom. The third-order valence-electron chi connectivity index (χ3n) is 12.2. The first-order valence-electron chi connectivity index (χ1n) is 20.7. The standard InChI is InChI=1S/C58H40N4/c1-5-18-39(6-2)57-55(41-29-31-49(37(3)33-41)61-51-25-14-10-21-43(51)44-22-11-15-26-52(44)61)47(35-59)48(36-60)56(58(57)40-19-8-7-9-20-40)42-30-32-50(38(4)34-42)62-53-27-16-12-23-45(53)46-24-13-17-28-54(46)62/h5-34H,1-2H2,3-4H3/b39-18+. The highest BCUT2D eigenvalue weighted by Gasteiger charge is 2.29. The Bertz CT molecular complexity index is 3490. The quantitative estimate of drug-likeness (QED) is 0.144. The van der Waals surface area contributed by atoms with E-state index in [1.54, 1.807) is 6.08 Å². The third kappa shape index (κ3) is 5.81. The monoisotopic (exact) mass is 792 g/mol. The van der Waals surface area contributed by atoms with Gasteiger partial charge in [-0.15, -0.1) is 0 Å². The van der Waals surface area contributed by atoms with Gasteiger partial charge < -0.3 is 9.13 Å². The molecule has 0 unspecified atom stereocenters. The first kappa shape index (κ1) is 37.8. The molecule has 292 valence electrons. The van der Waals surface area contributed by atoms with Crippen LogP contribution in [-0.4, -0.2) is 9.13 Å². The average molecular weight is 793 g/mol. The number of allylic oxidation sites excluding steroid dienone is 4. The third-order valence-corrected chi connectivity index (χ3v) is 12.2. The van der Waals surface area contributed by atoms with Gasteiger partial charge in [-0.2, -0.15) is 10.5 Å². The summed E-state index contributed by atoms with van der Waals surface area (Å²) in [6, 6.07) is 62.0. The second-order valence-corrected chi connectivity index (χ2v) is 15.6. The van der Waals surface area contributed by atoms with E-state index in [0.717, 1.165) is 78.0 Å². The van der Waals surface area contributed by atoms with E-state index in [4.69, 9.17) is 0 Å². The highest BCUT2D eigenvalue weighted by atomic mass is 15.0. The lowest BCUT2D eigenvalue weighted by Gasteiger charge is -2.25. The molecule has 2 aromatic heterocycles. The molecule has 0 atom stereocenters. The topological polar surface area (TPSA) is 57.4 Å². The van der Waals surface area contributed by atoms with Crippen LogP contribution in [0, 0.1) is 36.5 Å². The number of rotatable bonds is 8. The van der Waals surface area contributed by atoms with Crippen molar-refractivity contribution in [3.05, 3.63) is 223 Å². The highest BCUT2D eigenvalue weighted by Crippen LogP contribution is 2.49. The zero-order valence-electron chi connectivity index (χ0n) is 34.5. The van der Waals surface area contributed by atoms with E-state index in [1.807, 2.05) is 30.4 Å². The minimum absolute atomic E-state index is 0.308. The lowest BCUT2D eigenvalue weighted by Crippen LogP contribution is -2.05. The van der Waals surface area contributed by atoms with E-state index in [1.165, 1.54) is 21.5 Å². The molecule has 0 amide bonds. The SMILES string of the molecule is C=C/C=C(\C=C)c1c(-c2ccc(-n3c4ccccc4c4ccccc43)c(C)c2)c(C#N)c(C#N)c(-c2ccc(-n3c4ccccc4c4ccccc43)c(C)c2)c1-c1ccccc1. The van der Waals surface area contributed by atoms with Gasteiger partial charge in [-0.1, -0.05) is 147 Å². The molecule has 0 aliphatic carbocycles. The van der Waals surface area contributed by atoms with Crippen LogP contribution in [0.25, 0.3) is 93.9 Å². The van der Waals surface area contributed by atoms with Crippen molar-refractivity contribution in [3.63, 3.8) is 0 Å². The molecule has 10 rings (SSSR count). The van der Waals surface area contributed by atoms with Gasteiger partial charge in [0.25, 0.3) is 0 Å². The van der Waals surface area contributed by atoms with E-state index < -0.39 is 0 Å². The van der Waals surface area contributed by atoms with E-state index in [-0.39, 0.29) is 0 Å². The molecule has 0 saturated heterocycles. The lowest BCUT2D eigenvalue weighted by molar-refractivity contribution is 1.15. The minimum atomic E-state index is 0.308. The van der Waals surface area contributed by atoms with E-state index in [2.05, 4.69) is 194 Å². The summed E-state index contributed by atoms with van der Waals surface area (Å²) in [6.07, 6.45) is 5.51. The molecule has 2 heterocycles. The van der Waals surface area contributed by atoms with Crippen molar-refractivity contribution in [1.29, 1.82) is 10.5 Å². The van der Waals surface area contributed by atoms with Crippen LogP contribution in [0.2, 0.25) is 0 Å². The Morgan fingerprint density at radius 2 is 0.871 bits per heavy atom. The lowest BCUT2D eigenvalue weighted by atomic mass is 9.77. The molecule has 0 aliphatic rings. The number of aryl methyl sites for hydroxylation is 2. The zero-order chi connectivity index (χ0) is 42.5. The number of nitrogens with zero attached hydrogens (tertiary/aromatic N) is 4. The van der Waals surface area contributed by atoms with Crippen LogP contribution in [0.1, 0.15) is 27.8 Å². The fraction of sp³-hybridized carbons (Fsp3) is 0.0345. The fourth-order valence-electron chi connectivity index (χ4n) is 9.60. The summed E-state index contributed by atoms with van der Waals surface area (Å²) in [5, 5.41) is 27.3. The zero-order valence-corrected chi connectivity index (χ0v) is 34.5. The normalized spacial score (nSPS) is 11.6. The van der Waals surface area contributed by atoms with Gasteiger partial charge in [0.15, 0.2) is 0 Å². The fourth-order valence-corrected chi connectivity index (χ4v) is 9.60. The van der Waals surface area contributed by atoms with Crippen LogP contribution in [0.5, 0.6) is 0 Å². The van der Waals surface area contributed by atoms with Crippen LogP contribution in [-0.2, 0) is 0 Å². The Hall–Kier alpha value is -8.44. The Morgan fingerprint density at radius 1 is 0.468 bits per heavy atom. The number of benzene rings is 8. The first-order valence-corrected chi connectivity index (χ1v) is 20.7. The van der Waals surface area contributed by atoms with Gasteiger partial charge >= 0.3 is 0 Å². The summed E-state index contributed by atoms with van der Waals surface area (Å²) in [6.45, 7) is 12.6. The van der Waals surface area contributed by atoms with Gasteiger partial charge in [0, 0.05) is 44.0 Å². The van der Waals surface area contributed by atoms with Crippen molar-refractivity contribution >= 4 is 49.2 Å². The maximum Gasteiger partial charge on any atom is 0.101 e. The Balaban J connectivity index is 1.26. The molecule has 0 N–H and O–H groups in total. The molecule has 0 saturated carbocycles. The molecule has 0 spiro atoms. The van der Waals surface area contributed by atoms with Crippen molar-refractivity contribution in [1.82, 2.24) is 9.13 Å². The van der Waals surface area contributed by atoms with Gasteiger partial charge in [-0.05, 0) is 107 Å². The van der Waals surface area contributed by atoms with Crippen LogP contribution >= 0.6 is 0 Å². The van der Waals surface area contributed by atoms with Crippen LogP contribution in [0.3, 0.4) is 0 Å². The molecule has 8 aromatic carbocycles.